The lowest BCUT2D eigenvalue weighted by atomic mass is 9.97. The van der Waals surface area contributed by atoms with Crippen LogP contribution in [0.5, 0.6) is 0 Å². The zero-order chi connectivity index (χ0) is 18.4. The summed E-state index contributed by atoms with van der Waals surface area (Å²) in [5, 5.41) is 19.1. The van der Waals surface area contributed by atoms with Crippen molar-refractivity contribution in [1.29, 1.82) is 0 Å². The lowest BCUT2D eigenvalue weighted by Gasteiger charge is -2.16. The van der Waals surface area contributed by atoms with Crippen molar-refractivity contribution in [2.24, 2.45) is 0 Å². The first kappa shape index (κ1) is 16.5. The molecule has 6 heteroatoms. The van der Waals surface area contributed by atoms with Gasteiger partial charge in [0.15, 0.2) is 0 Å². The van der Waals surface area contributed by atoms with E-state index in [-0.39, 0.29) is 18.2 Å². The van der Waals surface area contributed by atoms with Crippen LogP contribution in [0.4, 0.5) is 0 Å². The summed E-state index contributed by atoms with van der Waals surface area (Å²) in [6.07, 6.45) is 6.76. The highest BCUT2D eigenvalue weighted by Gasteiger charge is 2.27. The van der Waals surface area contributed by atoms with Crippen LogP contribution in [0, 0.1) is 6.92 Å². The Hall–Kier alpha value is -2.99. The topological polar surface area (TPSA) is 92.4 Å². The maximum atomic E-state index is 12.6. The van der Waals surface area contributed by atoms with E-state index in [0.717, 1.165) is 35.0 Å². The number of rotatable bonds is 4. The molecule has 6 nitrogen and oxygen atoms in total. The number of aliphatic hydroxyl groups is 1. The number of carboxylic acid groups (broad SMARTS) is 1. The summed E-state index contributed by atoms with van der Waals surface area (Å²) in [4.78, 5) is 28.3. The van der Waals surface area contributed by atoms with Crippen LogP contribution >= 0.6 is 0 Å². The van der Waals surface area contributed by atoms with Crippen LogP contribution in [0.3, 0.4) is 0 Å². The highest BCUT2D eigenvalue weighted by atomic mass is 16.4. The Balaban J connectivity index is 2.03. The molecule has 2 heterocycles. The second-order valence-corrected chi connectivity index (χ2v) is 6.69. The van der Waals surface area contributed by atoms with E-state index >= 15 is 0 Å². The lowest BCUT2D eigenvalue weighted by molar-refractivity contribution is 0.0695. The minimum Gasteiger partial charge on any atom is -0.477 e. The van der Waals surface area contributed by atoms with E-state index < -0.39 is 11.4 Å². The zero-order valence-electron chi connectivity index (χ0n) is 14.3. The molecule has 0 radical (unpaired) electrons. The summed E-state index contributed by atoms with van der Waals surface area (Å²) in [5.74, 6) is -1.20. The van der Waals surface area contributed by atoms with Crippen molar-refractivity contribution >= 4 is 16.9 Å². The number of aliphatic hydroxyl groups excluding tert-OH is 1. The Morgan fingerprint density at radius 1 is 1.31 bits per heavy atom. The fraction of sp³-hybridized carbons (Fsp3) is 0.250. The second-order valence-electron chi connectivity index (χ2n) is 6.69. The first-order valence-electron chi connectivity index (χ1n) is 8.48. The molecule has 3 aromatic rings. The summed E-state index contributed by atoms with van der Waals surface area (Å²) in [6, 6.07) is 5.61. The largest absolute Gasteiger partial charge is 0.477 e. The summed E-state index contributed by atoms with van der Waals surface area (Å²) >= 11 is 0. The van der Waals surface area contributed by atoms with Crippen molar-refractivity contribution in [3.8, 4) is 11.1 Å². The van der Waals surface area contributed by atoms with E-state index in [4.69, 9.17) is 0 Å². The van der Waals surface area contributed by atoms with Crippen molar-refractivity contribution in [3.63, 3.8) is 0 Å². The quantitative estimate of drug-likeness (QED) is 0.755. The summed E-state index contributed by atoms with van der Waals surface area (Å²) in [7, 11) is 0. The van der Waals surface area contributed by atoms with Crippen molar-refractivity contribution in [1.82, 2.24) is 9.55 Å². The summed E-state index contributed by atoms with van der Waals surface area (Å²) in [6.45, 7) is 1.84. The summed E-state index contributed by atoms with van der Waals surface area (Å²) < 4.78 is 1.93. The third-order valence-electron chi connectivity index (χ3n) is 4.91. The highest BCUT2D eigenvalue weighted by Crippen LogP contribution is 2.39. The number of carbonyl (C=O) groups is 1. The number of carboxylic acids is 1. The minimum absolute atomic E-state index is 0.0950. The van der Waals surface area contributed by atoms with Gasteiger partial charge in [-0.25, -0.2) is 4.79 Å². The van der Waals surface area contributed by atoms with Gasteiger partial charge in [-0.15, -0.1) is 0 Å². The molecule has 1 aliphatic rings. The molecule has 0 bridgehead atoms. The first-order valence-corrected chi connectivity index (χ1v) is 8.48. The number of fused-ring (bicyclic) bond motifs is 1. The van der Waals surface area contributed by atoms with Crippen molar-refractivity contribution in [3.05, 3.63) is 63.7 Å². The van der Waals surface area contributed by atoms with Crippen LogP contribution in [-0.2, 0) is 6.61 Å². The van der Waals surface area contributed by atoms with E-state index in [1.165, 1.54) is 6.20 Å². The molecule has 2 aromatic heterocycles. The molecule has 1 aromatic carbocycles. The average Bonchev–Trinajstić information content (AvgIpc) is 3.47. The Labute approximate surface area is 149 Å². The molecule has 1 aliphatic carbocycles. The number of aryl methyl sites for hydroxylation is 1. The predicted molar refractivity (Wildman–Crippen MR) is 97.3 cm³/mol. The molecule has 132 valence electrons. The lowest BCUT2D eigenvalue weighted by Crippen LogP contribution is -2.19. The van der Waals surface area contributed by atoms with E-state index in [2.05, 4.69) is 4.98 Å². The van der Waals surface area contributed by atoms with E-state index in [9.17, 15) is 19.8 Å². The molecule has 0 atom stereocenters. The van der Waals surface area contributed by atoms with E-state index in [1.807, 2.05) is 23.6 Å². The number of hydrogen-bond donors (Lipinski definition) is 2. The Morgan fingerprint density at radius 3 is 2.73 bits per heavy atom. The smallest absolute Gasteiger partial charge is 0.341 e. The third kappa shape index (κ3) is 2.59. The number of hydrogen-bond acceptors (Lipinski definition) is 4. The van der Waals surface area contributed by atoms with Gasteiger partial charge in [0.2, 0.25) is 5.43 Å². The average molecular weight is 350 g/mol. The molecule has 0 spiro atoms. The van der Waals surface area contributed by atoms with Gasteiger partial charge in [-0.3, -0.25) is 9.78 Å². The van der Waals surface area contributed by atoms with Gasteiger partial charge in [-0.05, 0) is 48.6 Å². The van der Waals surface area contributed by atoms with Gasteiger partial charge in [0.05, 0.1) is 12.1 Å². The van der Waals surface area contributed by atoms with Crippen molar-refractivity contribution < 1.29 is 15.0 Å². The molecule has 0 aliphatic heterocycles. The van der Waals surface area contributed by atoms with Gasteiger partial charge in [0, 0.05) is 35.6 Å². The van der Waals surface area contributed by atoms with Crippen LogP contribution in [-0.4, -0.2) is 25.7 Å². The molecule has 0 saturated heterocycles. The third-order valence-corrected chi connectivity index (χ3v) is 4.91. The number of benzene rings is 1. The van der Waals surface area contributed by atoms with Crippen LogP contribution in [0.2, 0.25) is 0 Å². The SMILES string of the molecule is Cc1c(-c2cncc(CO)c2)ccc2c(=O)c(C(=O)O)cn(C3CC3)c12. The first-order chi connectivity index (χ1) is 12.5. The van der Waals surface area contributed by atoms with Gasteiger partial charge in [-0.2, -0.15) is 0 Å². The van der Waals surface area contributed by atoms with Crippen molar-refractivity contribution in [2.45, 2.75) is 32.4 Å². The molecule has 1 saturated carbocycles. The molecule has 26 heavy (non-hydrogen) atoms. The zero-order valence-corrected chi connectivity index (χ0v) is 14.3. The molecule has 1 fully saturated rings. The number of nitrogens with zero attached hydrogens (tertiary/aromatic N) is 2. The number of pyridine rings is 2. The maximum absolute atomic E-state index is 12.6. The van der Waals surface area contributed by atoms with Gasteiger partial charge in [0.1, 0.15) is 5.56 Å². The maximum Gasteiger partial charge on any atom is 0.341 e. The standard InChI is InChI=1S/C20H18N2O4/c1-11-15(13-6-12(10-23)7-21-8-13)4-5-16-18(11)22(14-2-3-14)9-17(19(16)24)20(25)26/h4-9,14,23H,2-3,10H2,1H3,(H,25,26). The molecule has 0 unspecified atom stereocenters. The fourth-order valence-corrected chi connectivity index (χ4v) is 3.45. The monoisotopic (exact) mass is 350 g/mol. The van der Waals surface area contributed by atoms with Crippen LogP contribution in [0.1, 0.15) is 40.4 Å². The Morgan fingerprint density at radius 2 is 2.08 bits per heavy atom. The number of aromatic carboxylic acids is 1. The fourth-order valence-electron chi connectivity index (χ4n) is 3.45. The number of aromatic nitrogens is 2. The minimum atomic E-state index is -1.20. The molecular formula is C20H18N2O4. The van der Waals surface area contributed by atoms with Gasteiger partial charge in [-0.1, -0.05) is 6.07 Å². The predicted octanol–water partition coefficient (Wildman–Crippen LogP) is 2.90. The van der Waals surface area contributed by atoms with E-state index in [0.29, 0.717) is 10.9 Å². The normalized spacial score (nSPS) is 13.9. The van der Waals surface area contributed by atoms with Gasteiger partial charge >= 0.3 is 5.97 Å². The van der Waals surface area contributed by atoms with Crippen LogP contribution < -0.4 is 5.43 Å². The summed E-state index contributed by atoms with van der Waals surface area (Å²) in [5.41, 5.74) is 3.50. The van der Waals surface area contributed by atoms with Crippen LogP contribution in [0.15, 0.2) is 41.6 Å². The highest BCUT2D eigenvalue weighted by molar-refractivity contribution is 5.95. The van der Waals surface area contributed by atoms with Crippen LogP contribution in [0.25, 0.3) is 22.0 Å². The molecular weight excluding hydrogens is 332 g/mol. The van der Waals surface area contributed by atoms with Gasteiger partial charge < -0.3 is 14.8 Å². The van der Waals surface area contributed by atoms with Crippen molar-refractivity contribution in [2.75, 3.05) is 0 Å². The molecule has 2 N–H and O–H groups in total. The second kappa shape index (κ2) is 6.07. The van der Waals surface area contributed by atoms with E-state index in [1.54, 1.807) is 18.5 Å². The van der Waals surface area contributed by atoms with Gasteiger partial charge in [0.25, 0.3) is 0 Å². The molecule has 0 amide bonds. The Kier molecular flexibility index (Phi) is 3.85. The molecule has 4 rings (SSSR count). The Bertz CT molecular complexity index is 1100.